The van der Waals surface area contributed by atoms with Crippen molar-refractivity contribution in [2.45, 2.75) is 39.2 Å². The average Bonchev–Trinajstić information content (AvgIpc) is 2.79. The van der Waals surface area contributed by atoms with Gasteiger partial charge in [-0.05, 0) is 30.7 Å². The molecule has 0 saturated carbocycles. The van der Waals surface area contributed by atoms with Crippen molar-refractivity contribution in [1.82, 2.24) is 9.78 Å². The second-order valence-electron chi connectivity index (χ2n) is 7.23. The number of halogens is 2. The Kier molecular flexibility index (Phi) is 8.25. The number of nitrogens with zero attached hydrogens (tertiary/aromatic N) is 2. The maximum atomic E-state index is 12.8. The predicted molar refractivity (Wildman–Crippen MR) is 126 cm³/mol. The molecular formula is C23H23Cl2N3O4. The summed E-state index contributed by atoms with van der Waals surface area (Å²) in [6, 6.07) is 11.3. The molecule has 0 fully saturated rings. The zero-order chi connectivity index (χ0) is 23.1. The van der Waals surface area contributed by atoms with Crippen LogP contribution in [-0.2, 0) is 16.1 Å². The van der Waals surface area contributed by atoms with Crippen LogP contribution >= 0.6 is 23.2 Å². The maximum absolute atomic E-state index is 12.8. The average molecular weight is 476 g/mol. The summed E-state index contributed by atoms with van der Waals surface area (Å²) >= 11 is 11.9. The van der Waals surface area contributed by atoms with Crippen LogP contribution in [0.1, 0.15) is 43.1 Å². The van der Waals surface area contributed by atoms with E-state index >= 15 is 0 Å². The highest BCUT2D eigenvalue weighted by molar-refractivity contribution is 6.35. The molecular weight excluding hydrogens is 453 g/mol. The van der Waals surface area contributed by atoms with E-state index in [1.807, 2.05) is 0 Å². The Morgan fingerprint density at radius 3 is 2.56 bits per heavy atom. The van der Waals surface area contributed by atoms with Gasteiger partial charge in [-0.15, -0.1) is 0 Å². The van der Waals surface area contributed by atoms with Crippen LogP contribution in [0.15, 0.2) is 47.3 Å². The molecule has 32 heavy (non-hydrogen) atoms. The number of amides is 1. The molecule has 168 valence electrons. The third kappa shape index (κ3) is 5.87. The third-order valence-corrected chi connectivity index (χ3v) is 5.39. The quantitative estimate of drug-likeness (QED) is 0.344. The van der Waals surface area contributed by atoms with E-state index in [9.17, 15) is 14.4 Å². The SMILES string of the molecule is CCCCCCn1nc(C(=O)OCC(=O)Nc2cc(Cl)ccc2Cl)c2ccccc2c1=O. The Morgan fingerprint density at radius 1 is 1.06 bits per heavy atom. The molecule has 0 radical (unpaired) electrons. The molecule has 3 rings (SSSR count). The number of benzene rings is 2. The highest BCUT2D eigenvalue weighted by Gasteiger charge is 2.19. The van der Waals surface area contributed by atoms with Gasteiger partial charge in [0.05, 0.1) is 16.1 Å². The lowest BCUT2D eigenvalue weighted by molar-refractivity contribution is -0.119. The first kappa shape index (κ1) is 23.8. The molecule has 1 heterocycles. The molecule has 0 saturated heterocycles. The Balaban J connectivity index is 1.76. The lowest BCUT2D eigenvalue weighted by Gasteiger charge is -2.11. The topological polar surface area (TPSA) is 90.3 Å². The van der Waals surface area contributed by atoms with E-state index in [0.29, 0.717) is 33.0 Å². The number of carbonyl (C=O) groups is 2. The van der Waals surface area contributed by atoms with Crippen molar-refractivity contribution in [2.75, 3.05) is 11.9 Å². The predicted octanol–water partition coefficient (Wildman–Crippen LogP) is 5.08. The van der Waals surface area contributed by atoms with Crippen LogP contribution < -0.4 is 10.9 Å². The zero-order valence-electron chi connectivity index (χ0n) is 17.6. The number of unbranched alkanes of at least 4 members (excludes halogenated alkanes) is 3. The normalized spacial score (nSPS) is 10.8. The molecule has 9 heteroatoms. The fourth-order valence-corrected chi connectivity index (χ4v) is 3.54. The van der Waals surface area contributed by atoms with Gasteiger partial charge in [0.15, 0.2) is 12.3 Å². The summed E-state index contributed by atoms with van der Waals surface area (Å²) in [6.07, 6.45) is 3.86. The van der Waals surface area contributed by atoms with Crippen LogP contribution in [0, 0.1) is 0 Å². The monoisotopic (exact) mass is 475 g/mol. The van der Waals surface area contributed by atoms with Crippen molar-refractivity contribution in [1.29, 1.82) is 0 Å². The molecule has 1 aromatic heterocycles. The van der Waals surface area contributed by atoms with E-state index in [0.717, 1.165) is 25.7 Å². The smallest absolute Gasteiger partial charge is 0.359 e. The van der Waals surface area contributed by atoms with Crippen molar-refractivity contribution in [2.24, 2.45) is 0 Å². The van der Waals surface area contributed by atoms with Crippen molar-refractivity contribution >= 4 is 51.5 Å². The van der Waals surface area contributed by atoms with E-state index in [1.54, 1.807) is 36.4 Å². The summed E-state index contributed by atoms with van der Waals surface area (Å²) in [5, 5.41) is 8.25. The fraction of sp³-hybridized carbons (Fsp3) is 0.304. The number of fused-ring (bicyclic) bond motifs is 1. The minimum Gasteiger partial charge on any atom is -0.451 e. The first-order valence-corrected chi connectivity index (χ1v) is 11.1. The first-order chi connectivity index (χ1) is 15.4. The lowest BCUT2D eigenvalue weighted by Crippen LogP contribution is -2.28. The van der Waals surface area contributed by atoms with Crippen molar-refractivity contribution in [3.8, 4) is 0 Å². The minimum atomic E-state index is -0.796. The molecule has 2 aromatic carbocycles. The number of aryl methyl sites for hydroxylation is 1. The van der Waals surface area contributed by atoms with Gasteiger partial charge in [0, 0.05) is 17.0 Å². The summed E-state index contributed by atoms with van der Waals surface area (Å²) < 4.78 is 6.47. The molecule has 0 aliphatic rings. The fourth-order valence-electron chi connectivity index (χ4n) is 3.20. The number of rotatable bonds is 9. The van der Waals surface area contributed by atoms with Gasteiger partial charge in [-0.25, -0.2) is 9.48 Å². The molecule has 0 aliphatic carbocycles. The summed E-state index contributed by atoms with van der Waals surface area (Å²) in [7, 11) is 0. The van der Waals surface area contributed by atoms with Gasteiger partial charge in [0.2, 0.25) is 0 Å². The second kappa shape index (κ2) is 11.1. The van der Waals surface area contributed by atoms with E-state index in [-0.39, 0.29) is 11.3 Å². The van der Waals surface area contributed by atoms with Gasteiger partial charge >= 0.3 is 5.97 Å². The van der Waals surface area contributed by atoms with E-state index in [4.69, 9.17) is 27.9 Å². The minimum absolute atomic E-state index is 0.00993. The molecule has 0 aliphatic heterocycles. The number of hydrogen-bond acceptors (Lipinski definition) is 5. The van der Waals surface area contributed by atoms with Crippen LogP contribution in [0.5, 0.6) is 0 Å². The molecule has 1 N–H and O–H groups in total. The molecule has 1 amide bonds. The lowest BCUT2D eigenvalue weighted by atomic mass is 10.1. The standard InChI is InChI=1S/C23H23Cl2N3O4/c1-2-3-4-7-12-28-22(30)17-9-6-5-8-16(17)21(27-28)23(31)32-14-20(29)26-19-13-15(24)10-11-18(19)25/h5-6,8-11,13H,2-4,7,12,14H2,1H3,(H,26,29). The van der Waals surface area contributed by atoms with Crippen LogP contribution in [-0.4, -0.2) is 28.3 Å². The molecule has 0 unspecified atom stereocenters. The maximum Gasteiger partial charge on any atom is 0.359 e. The van der Waals surface area contributed by atoms with Crippen LogP contribution in [0.4, 0.5) is 5.69 Å². The largest absolute Gasteiger partial charge is 0.451 e. The van der Waals surface area contributed by atoms with E-state index in [1.165, 1.54) is 10.7 Å². The first-order valence-electron chi connectivity index (χ1n) is 10.3. The summed E-state index contributed by atoms with van der Waals surface area (Å²) in [5.41, 5.74) is 0.0377. The highest BCUT2D eigenvalue weighted by Crippen LogP contribution is 2.25. The van der Waals surface area contributed by atoms with Gasteiger partial charge in [-0.1, -0.05) is 67.6 Å². The number of aromatic nitrogens is 2. The van der Waals surface area contributed by atoms with Crippen LogP contribution in [0.2, 0.25) is 10.0 Å². The van der Waals surface area contributed by atoms with Crippen molar-refractivity contribution in [3.63, 3.8) is 0 Å². The number of hydrogen-bond donors (Lipinski definition) is 1. The van der Waals surface area contributed by atoms with E-state index in [2.05, 4.69) is 17.3 Å². The molecule has 0 bridgehead atoms. The third-order valence-electron chi connectivity index (χ3n) is 4.82. The van der Waals surface area contributed by atoms with Gasteiger partial charge in [-0.3, -0.25) is 9.59 Å². The molecule has 0 atom stereocenters. The highest BCUT2D eigenvalue weighted by atomic mass is 35.5. The Hall–Kier alpha value is -2.90. The molecule has 7 nitrogen and oxygen atoms in total. The van der Waals surface area contributed by atoms with Gasteiger partial charge in [0.1, 0.15) is 0 Å². The Labute approximate surface area is 195 Å². The van der Waals surface area contributed by atoms with Crippen LogP contribution in [0.3, 0.4) is 0 Å². The second-order valence-corrected chi connectivity index (χ2v) is 8.08. The number of anilines is 1. The number of nitrogens with one attached hydrogen (secondary N) is 1. The molecule has 0 spiro atoms. The Morgan fingerprint density at radius 2 is 1.81 bits per heavy atom. The summed E-state index contributed by atoms with van der Waals surface area (Å²) in [4.78, 5) is 37.7. The Bertz CT molecular complexity index is 1190. The van der Waals surface area contributed by atoms with Crippen molar-refractivity contribution < 1.29 is 14.3 Å². The summed E-state index contributed by atoms with van der Waals surface area (Å²) in [5.74, 6) is -1.38. The van der Waals surface area contributed by atoms with Gasteiger partial charge in [0.25, 0.3) is 11.5 Å². The number of carbonyl (C=O) groups excluding carboxylic acids is 2. The van der Waals surface area contributed by atoms with E-state index < -0.39 is 18.5 Å². The number of ether oxygens (including phenoxy) is 1. The summed E-state index contributed by atoms with van der Waals surface area (Å²) in [6.45, 7) is 1.95. The van der Waals surface area contributed by atoms with Crippen molar-refractivity contribution in [3.05, 3.63) is 68.6 Å². The van der Waals surface area contributed by atoms with Gasteiger partial charge in [-0.2, -0.15) is 5.10 Å². The van der Waals surface area contributed by atoms with Gasteiger partial charge < -0.3 is 10.1 Å². The number of esters is 1. The zero-order valence-corrected chi connectivity index (χ0v) is 19.1. The molecule has 3 aromatic rings. The van der Waals surface area contributed by atoms with Crippen LogP contribution in [0.25, 0.3) is 10.8 Å².